The Labute approximate surface area is 305 Å². The molecular formula is C41H35ClN2O8. The van der Waals surface area contributed by atoms with E-state index in [0.29, 0.717) is 39.4 Å². The van der Waals surface area contributed by atoms with E-state index >= 15 is 0 Å². The summed E-state index contributed by atoms with van der Waals surface area (Å²) < 4.78 is 29.1. The molecule has 0 radical (unpaired) electrons. The lowest BCUT2D eigenvalue weighted by molar-refractivity contribution is 0.0591. The van der Waals surface area contributed by atoms with E-state index in [1.54, 1.807) is 54.6 Å². The van der Waals surface area contributed by atoms with Gasteiger partial charge in [-0.05, 0) is 70.1 Å². The van der Waals surface area contributed by atoms with Crippen molar-refractivity contribution in [3.63, 3.8) is 0 Å². The Balaban J connectivity index is 1.44. The number of methoxy groups -OCH3 is 3. The molecule has 6 aromatic rings. The molecule has 0 aliphatic rings. The molecule has 0 saturated carbocycles. The number of benzene rings is 5. The molecule has 0 atom stereocenters. The van der Waals surface area contributed by atoms with Crippen LogP contribution in [0, 0.1) is 0 Å². The molecule has 1 amide bonds. The van der Waals surface area contributed by atoms with Crippen LogP contribution in [0.5, 0.6) is 17.2 Å². The van der Waals surface area contributed by atoms with Gasteiger partial charge in [-0.2, -0.15) is 0 Å². The van der Waals surface area contributed by atoms with Crippen molar-refractivity contribution in [2.45, 2.75) is 19.8 Å². The van der Waals surface area contributed by atoms with Crippen molar-refractivity contribution >= 4 is 34.4 Å². The van der Waals surface area contributed by atoms with Gasteiger partial charge in [0.15, 0.2) is 0 Å². The molecular weight excluding hydrogens is 684 g/mol. The van der Waals surface area contributed by atoms with Crippen LogP contribution in [-0.2, 0) is 29.2 Å². The molecule has 6 rings (SSSR count). The molecule has 1 aromatic heterocycles. The Morgan fingerprint density at radius 2 is 1.33 bits per heavy atom. The molecule has 10 nitrogen and oxygen atoms in total. The minimum Gasteiger partial charge on any atom is -0.495 e. The Morgan fingerprint density at radius 1 is 0.712 bits per heavy atom. The largest absolute Gasteiger partial charge is 0.495 e. The third-order valence-electron chi connectivity index (χ3n) is 8.36. The van der Waals surface area contributed by atoms with Crippen LogP contribution in [0.3, 0.4) is 0 Å². The highest BCUT2D eigenvalue weighted by Gasteiger charge is 2.27. The van der Waals surface area contributed by atoms with Crippen molar-refractivity contribution in [1.29, 1.82) is 0 Å². The highest BCUT2D eigenvalue weighted by atomic mass is 35.5. The van der Waals surface area contributed by atoms with Crippen molar-refractivity contribution < 1.29 is 33.3 Å². The zero-order chi connectivity index (χ0) is 36.6. The highest BCUT2D eigenvalue weighted by Crippen LogP contribution is 2.42. The summed E-state index contributed by atoms with van der Waals surface area (Å²) in [4.78, 5) is 40.6. The second kappa shape index (κ2) is 16.2. The summed E-state index contributed by atoms with van der Waals surface area (Å²) in [6, 6.07) is 34.4. The van der Waals surface area contributed by atoms with Gasteiger partial charge in [-0.15, -0.1) is 0 Å². The number of amides is 1. The van der Waals surface area contributed by atoms with Gasteiger partial charge in [-0.1, -0.05) is 84.4 Å². The summed E-state index contributed by atoms with van der Waals surface area (Å²) in [5.74, 6) is 0.321. The quantitative estimate of drug-likeness (QED) is 0.126. The standard InChI is InChI=1S/C41H35ClN2O8/c1-48-34-20-29(21-35(49-2)37(34)42)36-32-19-18-31(51-24-27-10-6-4-7-11-27)22-33(32)39(45)44(38(36)40(46)50-3)30-16-14-26(15-17-30)23-43-41(47)52-25-28-12-8-5-9-13-28/h4-22H,23-25H2,1-3H3,(H,43,47). The lowest BCUT2D eigenvalue weighted by Gasteiger charge is -2.20. The second-order valence-corrected chi connectivity index (χ2v) is 12.0. The molecule has 0 bridgehead atoms. The summed E-state index contributed by atoms with van der Waals surface area (Å²) in [7, 11) is 4.20. The van der Waals surface area contributed by atoms with Crippen LogP contribution in [0.2, 0.25) is 5.02 Å². The molecule has 11 heteroatoms. The number of ether oxygens (including phenoxy) is 5. The average molecular weight is 719 g/mol. The maximum absolute atomic E-state index is 14.5. The number of nitrogens with zero attached hydrogens (tertiary/aromatic N) is 1. The van der Waals surface area contributed by atoms with Gasteiger partial charge in [0.25, 0.3) is 5.56 Å². The number of carbonyl (C=O) groups is 2. The number of pyridine rings is 1. The number of alkyl carbamates (subject to hydrolysis) is 1. The molecule has 264 valence electrons. The Hall–Kier alpha value is -6.26. The molecule has 1 N–H and O–H groups in total. The lowest BCUT2D eigenvalue weighted by atomic mass is 9.95. The number of fused-ring (bicyclic) bond motifs is 1. The topological polar surface area (TPSA) is 114 Å². The van der Waals surface area contributed by atoms with E-state index in [9.17, 15) is 14.4 Å². The van der Waals surface area contributed by atoms with E-state index in [1.807, 2.05) is 60.7 Å². The van der Waals surface area contributed by atoms with Crippen LogP contribution in [0.25, 0.3) is 27.6 Å². The van der Waals surface area contributed by atoms with Gasteiger partial charge in [0.05, 0.1) is 26.7 Å². The molecule has 0 saturated heterocycles. The number of carbonyl (C=O) groups excluding carboxylic acids is 2. The van der Waals surface area contributed by atoms with Crippen molar-refractivity contribution in [3.8, 4) is 34.1 Å². The fraction of sp³-hybridized carbons (Fsp3) is 0.146. The van der Waals surface area contributed by atoms with Crippen molar-refractivity contribution in [2.24, 2.45) is 0 Å². The Bertz CT molecular complexity index is 2250. The van der Waals surface area contributed by atoms with Gasteiger partial charge in [-0.3, -0.25) is 9.36 Å². The Morgan fingerprint density at radius 3 is 1.92 bits per heavy atom. The number of hydrogen-bond donors (Lipinski definition) is 1. The molecule has 52 heavy (non-hydrogen) atoms. The maximum atomic E-state index is 14.5. The zero-order valence-corrected chi connectivity index (χ0v) is 29.4. The van der Waals surface area contributed by atoms with E-state index in [2.05, 4.69) is 5.32 Å². The van der Waals surface area contributed by atoms with Crippen molar-refractivity contribution in [1.82, 2.24) is 9.88 Å². The number of halogens is 1. The number of hydrogen-bond acceptors (Lipinski definition) is 8. The number of aromatic nitrogens is 1. The second-order valence-electron chi connectivity index (χ2n) is 11.6. The van der Waals surface area contributed by atoms with Gasteiger partial charge >= 0.3 is 12.1 Å². The van der Waals surface area contributed by atoms with Gasteiger partial charge in [0, 0.05) is 17.8 Å². The SMILES string of the molecule is COC(=O)c1c(-c2cc(OC)c(Cl)c(OC)c2)c2ccc(OCc3ccccc3)cc2c(=O)n1-c1ccc(CNC(=O)OCc2ccccc2)cc1. The predicted molar refractivity (Wildman–Crippen MR) is 199 cm³/mol. The molecule has 0 spiro atoms. The third kappa shape index (κ3) is 7.72. The summed E-state index contributed by atoms with van der Waals surface area (Å²) in [5, 5.41) is 3.74. The third-order valence-corrected chi connectivity index (χ3v) is 8.73. The predicted octanol–water partition coefficient (Wildman–Crippen LogP) is 8.12. The van der Waals surface area contributed by atoms with E-state index in [-0.39, 0.29) is 35.9 Å². The van der Waals surface area contributed by atoms with Crippen LogP contribution in [0.15, 0.2) is 120 Å². The molecule has 5 aromatic carbocycles. The first kappa shape index (κ1) is 35.6. The number of nitrogens with one attached hydrogen (secondary N) is 1. The summed E-state index contributed by atoms with van der Waals surface area (Å²) in [6.45, 7) is 0.593. The number of esters is 1. The Kier molecular flexibility index (Phi) is 11.1. The van der Waals surface area contributed by atoms with Crippen molar-refractivity contribution in [3.05, 3.63) is 153 Å². The van der Waals surface area contributed by atoms with Crippen LogP contribution in [-0.4, -0.2) is 38.0 Å². The first-order chi connectivity index (χ1) is 25.3. The molecule has 0 aliphatic carbocycles. The highest BCUT2D eigenvalue weighted by molar-refractivity contribution is 6.33. The van der Waals surface area contributed by atoms with Crippen LogP contribution < -0.4 is 25.1 Å². The summed E-state index contributed by atoms with van der Waals surface area (Å²) in [6.07, 6.45) is -0.574. The fourth-order valence-electron chi connectivity index (χ4n) is 5.76. The fourth-order valence-corrected chi connectivity index (χ4v) is 6.03. The summed E-state index contributed by atoms with van der Waals surface area (Å²) in [5.41, 5.74) is 3.31. The van der Waals surface area contributed by atoms with E-state index in [0.717, 1.165) is 16.7 Å². The van der Waals surface area contributed by atoms with Crippen LogP contribution in [0.4, 0.5) is 4.79 Å². The molecule has 0 fully saturated rings. The minimum atomic E-state index is -0.752. The van der Waals surface area contributed by atoms with Gasteiger partial charge in [0.2, 0.25) is 0 Å². The van der Waals surface area contributed by atoms with Gasteiger partial charge < -0.3 is 29.0 Å². The van der Waals surface area contributed by atoms with E-state index < -0.39 is 17.6 Å². The minimum absolute atomic E-state index is 0.0280. The van der Waals surface area contributed by atoms with Gasteiger partial charge in [-0.25, -0.2) is 9.59 Å². The molecule has 1 heterocycles. The molecule has 0 aliphatic heterocycles. The van der Waals surface area contributed by atoms with Crippen LogP contribution >= 0.6 is 11.6 Å². The maximum Gasteiger partial charge on any atom is 0.407 e. The summed E-state index contributed by atoms with van der Waals surface area (Å²) >= 11 is 6.53. The molecule has 0 unspecified atom stereocenters. The number of rotatable bonds is 12. The van der Waals surface area contributed by atoms with Crippen LogP contribution in [0.1, 0.15) is 27.2 Å². The average Bonchev–Trinajstić information content (AvgIpc) is 3.19. The van der Waals surface area contributed by atoms with E-state index in [1.165, 1.54) is 25.9 Å². The smallest absolute Gasteiger partial charge is 0.407 e. The first-order valence-electron chi connectivity index (χ1n) is 16.2. The lowest BCUT2D eigenvalue weighted by Crippen LogP contribution is -2.27. The van der Waals surface area contributed by atoms with Gasteiger partial charge in [0.1, 0.15) is 41.2 Å². The monoisotopic (exact) mass is 718 g/mol. The first-order valence-corrected chi connectivity index (χ1v) is 16.6. The normalized spacial score (nSPS) is 10.8. The van der Waals surface area contributed by atoms with Crippen molar-refractivity contribution in [2.75, 3.05) is 21.3 Å². The van der Waals surface area contributed by atoms with E-state index in [4.69, 9.17) is 35.3 Å². The zero-order valence-electron chi connectivity index (χ0n) is 28.7.